The number of hydrogen-bond acceptors (Lipinski definition) is 24. The van der Waals surface area contributed by atoms with E-state index in [1.807, 2.05) is 35.5 Å². The van der Waals surface area contributed by atoms with Crippen molar-refractivity contribution in [2.45, 2.75) is 97.4 Å². The highest BCUT2D eigenvalue weighted by atomic mass is 19.2. The van der Waals surface area contributed by atoms with Gasteiger partial charge >= 0.3 is 0 Å². The number of benzene rings is 3. The van der Waals surface area contributed by atoms with Gasteiger partial charge in [-0.15, -0.1) is 0 Å². The molecule has 3 aromatic carbocycles. The van der Waals surface area contributed by atoms with Gasteiger partial charge in [0, 0.05) is 110 Å². The lowest BCUT2D eigenvalue weighted by Gasteiger charge is -2.38. The standard InChI is InChI=1S/3C23H27F2N5O3/c3*1-12-16-6-15(31-3)7-17(24)21(16)28-22(20(12)23-27-13(2)29-33-23)30-5-4-19(18(25)9-30)26-8-14-10-32-11-14/h3*6-7,14,18-19,26H,4-5,8-11H2,1-3H3/t18-,19+;2*18-,19-/m010/s1. The summed E-state index contributed by atoms with van der Waals surface area (Å²) >= 11 is 0. The van der Waals surface area contributed by atoms with Gasteiger partial charge in [-0.25, -0.2) is 41.3 Å². The lowest BCUT2D eigenvalue weighted by molar-refractivity contribution is -0.0329. The SMILES string of the molecule is COc1cc(F)c2nc(N3CC[C@@H](NCC4COC4)[C@@H](F)C3)c(-c3nc(C)no3)c(C)c2c1.COc1cc(F)c2nc(N3CC[C@@H](NCC4COC4)[C@H](F)C3)c(-c3nc(C)no3)c(C)c2c1.COc1cc(F)c2nc(N3CC[C@H](NCC4COC4)[C@@H](F)C3)c(-c3nc(C)no3)c(C)c2c1. The number of methoxy groups -OCH3 is 3. The van der Waals surface area contributed by atoms with E-state index < -0.39 is 36.0 Å². The summed E-state index contributed by atoms with van der Waals surface area (Å²) in [7, 11) is 4.45. The van der Waals surface area contributed by atoms with Crippen molar-refractivity contribution >= 4 is 50.2 Å². The molecule has 12 heterocycles. The Morgan fingerprint density at radius 3 is 0.899 bits per heavy atom. The van der Waals surface area contributed by atoms with Crippen molar-refractivity contribution in [2.75, 3.05) is 135 Å². The second-order valence-corrected chi connectivity index (χ2v) is 26.3. The van der Waals surface area contributed by atoms with Crippen LogP contribution in [0.3, 0.4) is 0 Å². The van der Waals surface area contributed by atoms with Crippen LogP contribution >= 0.6 is 0 Å². The summed E-state index contributed by atoms with van der Waals surface area (Å²) in [5.74, 6) is 4.59. The normalized spacial score (nSPS) is 21.4. The minimum absolute atomic E-state index is 0.134. The van der Waals surface area contributed by atoms with Crippen LogP contribution in [-0.4, -0.2) is 202 Å². The number of nitrogens with one attached hydrogen (secondary N) is 3. The van der Waals surface area contributed by atoms with Crippen LogP contribution in [0.2, 0.25) is 0 Å². The number of fused-ring (bicyclic) bond motifs is 3. The Morgan fingerprint density at radius 2 is 0.687 bits per heavy atom. The van der Waals surface area contributed by atoms with E-state index in [-0.39, 0.29) is 72.0 Å². The number of piperidine rings is 3. The molecule has 528 valence electrons. The predicted octanol–water partition coefficient (Wildman–Crippen LogP) is 9.61. The zero-order valence-electron chi connectivity index (χ0n) is 56.7. The molecule has 0 bridgehead atoms. The van der Waals surface area contributed by atoms with Crippen LogP contribution in [0.15, 0.2) is 50.0 Å². The molecule has 0 spiro atoms. The molecule has 6 aromatic heterocycles. The summed E-state index contributed by atoms with van der Waals surface area (Å²) in [6.45, 7) is 19.4. The van der Waals surface area contributed by atoms with Gasteiger partial charge in [-0.05, 0) is 95.7 Å². The van der Waals surface area contributed by atoms with Crippen molar-refractivity contribution in [3.05, 3.63) is 88.0 Å². The Labute approximate surface area is 567 Å². The largest absolute Gasteiger partial charge is 0.497 e. The van der Waals surface area contributed by atoms with Crippen molar-refractivity contribution < 1.29 is 68.3 Å². The Bertz CT molecular complexity index is 3930. The Balaban J connectivity index is 0.000000133. The fourth-order valence-corrected chi connectivity index (χ4v) is 13.5. The number of halogens is 6. The molecular weight excluding hydrogens is 1300 g/mol. The summed E-state index contributed by atoms with van der Waals surface area (Å²) in [5.41, 5.74) is 4.51. The fourth-order valence-electron chi connectivity index (χ4n) is 13.5. The highest BCUT2D eigenvalue weighted by molar-refractivity contribution is 5.96. The van der Waals surface area contributed by atoms with E-state index in [0.29, 0.717) is 142 Å². The summed E-state index contributed by atoms with van der Waals surface area (Å²) in [5, 5.41) is 23.5. The third-order valence-corrected chi connectivity index (χ3v) is 19.4. The molecular formula is C69H81F6N15O9. The van der Waals surface area contributed by atoms with E-state index in [1.54, 1.807) is 39.0 Å². The summed E-state index contributed by atoms with van der Waals surface area (Å²) < 4.78 is 138. The molecule has 0 radical (unpaired) electrons. The van der Waals surface area contributed by atoms with Crippen molar-refractivity contribution in [1.82, 2.24) is 61.3 Å². The first-order valence-corrected chi connectivity index (χ1v) is 33.4. The zero-order valence-corrected chi connectivity index (χ0v) is 56.7. The van der Waals surface area contributed by atoms with Crippen LogP contribution in [0, 0.1) is 76.7 Å². The van der Waals surface area contributed by atoms with Gasteiger partial charge < -0.3 is 72.6 Å². The van der Waals surface area contributed by atoms with Crippen LogP contribution in [0.5, 0.6) is 17.2 Å². The number of pyridine rings is 3. The number of alkyl halides is 3. The van der Waals surface area contributed by atoms with E-state index in [9.17, 15) is 13.2 Å². The zero-order chi connectivity index (χ0) is 69.3. The molecule has 0 unspecified atom stereocenters. The number of ether oxygens (including phenoxy) is 6. The van der Waals surface area contributed by atoms with Gasteiger partial charge in [-0.3, -0.25) is 0 Å². The molecule has 6 fully saturated rings. The number of rotatable bonds is 18. The molecule has 0 amide bonds. The van der Waals surface area contributed by atoms with Crippen LogP contribution < -0.4 is 44.9 Å². The number of aryl methyl sites for hydroxylation is 6. The van der Waals surface area contributed by atoms with Crippen molar-refractivity contribution in [1.29, 1.82) is 0 Å². The first-order chi connectivity index (χ1) is 47.8. The lowest BCUT2D eigenvalue weighted by Crippen LogP contribution is -2.53. The third kappa shape index (κ3) is 14.6. The van der Waals surface area contributed by atoms with E-state index in [4.69, 9.17) is 42.0 Å². The summed E-state index contributed by atoms with van der Waals surface area (Å²) in [6, 6.07) is 8.38. The van der Waals surface area contributed by atoms with Crippen LogP contribution in [-0.2, 0) is 14.2 Å². The summed E-state index contributed by atoms with van der Waals surface area (Å²) in [6.07, 6.45) is -1.51. The predicted molar refractivity (Wildman–Crippen MR) is 357 cm³/mol. The molecule has 99 heavy (non-hydrogen) atoms. The molecule has 6 aliphatic rings. The average Bonchev–Trinajstić information content (AvgIpc) is 1.60. The van der Waals surface area contributed by atoms with Crippen LogP contribution in [0.4, 0.5) is 43.8 Å². The quantitative estimate of drug-likeness (QED) is 0.0675. The average molecular weight is 1380 g/mol. The first-order valence-electron chi connectivity index (χ1n) is 33.4. The fraction of sp³-hybridized carbons (Fsp3) is 0.522. The maximum absolute atomic E-state index is 15.2. The third-order valence-electron chi connectivity index (χ3n) is 19.4. The molecule has 6 atom stereocenters. The highest BCUT2D eigenvalue weighted by Crippen LogP contribution is 2.43. The molecule has 3 N–H and O–H groups in total. The van der Waals surface area contributed by atoms with Gasteiger partial charge in [0.1, 0.15) is 69.8 Å². The molecule has 6 aliphatic heterocycles. The minimum atomic E-state index is -1.10. The first kappa shape index (κ1) is 69.0. The Hall–Kier alpha value is -8.55. The summed E-state index contributed by atoms with van der Waals surface area (Å²) in [4.78, 5) is 32.6. The van der Waals surface area contributed by atoms with Gasteiger partial charge in [0.15, 0.2) is 34.9 Å². The molecule has 24 nitrogen and oxygen atoms in total. The number of nitrogens with zero attached hydrogens (tertiary/aromatic N) is 12. The lowest BCUT2D eigenvalue weighted by atomic mass is 9.98. The topological polar surface area (TPSA) is 257 Å². The van der Waals surface area contributed by atoms with E-state index in [0.717, 1.165) is 76.0 Å². The number of anilines is 3. The monoisotopic (exact) mass is 1380 g/mol. The number of hydrogen-bond donors (Lipinski definition) is 3. The maximum atomic E-state index is 15.2. The maximum Gasteiger partial charge on any atom is 0.261 e. The molecule has 9 aromatic rings. The van der Waals surface area contributed by atoms with Crippen molar-refractivity contribution in [2.24, 2.45) is 17.8 Å². The second-order valence-electron chi connectivity index (χ2n) is 26.3. The van der Waals surface area contributed by atoms with Crippen LogP contribution in [0.25, 0.3) is 67.1 Å². The minimum Gasteiger partial charge on any atom is -0.497 e. The van der Waals surface area contributed by atoms with E-state index in [2.05, 4.69) is 61.3 Å². The van der Waals surface area contributed by atoms with Crippen molar-refractivity contribution in [3.63, 3.8) is 0 Å². The number of aromatic nitrogens is 9. The van der Waals surface area contributed by atoms with Crippen LogP contribution in [0.1, 0.15) is 53.4 Å². The van der Waals surface area contributed by atoms with Gasteiger partial charge in [0.25, 0.3) is 17.7 Å². The molecule has 15 rings (SSSR count). The molecule has 0 aliphatic carbocycles. The highest BCUT2D eigenvalue weighted by Gasteiger charge is 2.38. The molecule has 30 heteroatoms. The van der Waals surface area contributed by atoms with E-state index >= 15 is 13.2 Å². The van der Waals surface area contributed by atoms with Gasteiger partial charge in [0.05, 0.1) is 97.3 Å². The second kappa shape index (κ2) is 29.7. The Morgan fingerprint density at radius 1 is 0.414 bits per heavy atom. The molecule has 0 saturated carbocycles. The Kier molecular flexibility index (Phi) is 20.7. The van der Waals surface area contributed by atoms with E-state index in [1.165, 1.54) is 39.5 Å². The van der Waals surface area contributed by atoms with Gasteiger partial charge in [0.2, 0.25) is 0 Å². The van der Waals surface area contributed by atoms with Crippen molar-refractivity contribution in [3.8, 4) is 51.6 Å². The smallest absolute Gasteiger partial charge is 0.261 e. The van der Waals surface area contributed by atoms with Gasteiger partial charge in [-0.1, -0.05) is 15.5 Å². The van der Waals surface area contributed by atoms with Gasteiger partial charge in [-0.2, -0.15) is 15.0 Å². The molecule has 6 saturated heterocycles.